The Hall–Kier alpha value is -3.53. The van der Waals surface area contributed by atoms with Crippen LogP contribution in [0.5, 0.6) is 0 Å². The van der Waals surface area contributed by atoms with Gasteiger partial charge in [-0.2, -0.15) is 13.2 Å². The van der Waals surface area contributed by atoms with Gasteiger partial charge in [-0.15, -0.1) is 0 Å². The second kappa shape index (κ2) is 10.5. The van der Waals surface area contributed by atoms with Crippen LogP contribution in [-0.4, -0.2) is 43.9 Å². The lowest BCUT2D eigenvalue weighted by molar-refractivity contribution is -0.137. The van der Waals surface area contributed by atoms with Gasteiger partial charge in [-0.05, 0) is 48.2 Å². The molecular weight excluding hydrogens is 485 g/mol. The standard InChI is InChI=1S/C27H31F3N4O3/c1-17-5-6-19(14-22(17)23-15-24(37-33-23)25(35)31-16-26(2,3)4)32-20-11-18(27(28,29)30)12-21(13-20)34-7-9-36-10-8-34/h5-6,11-15,32H,7-10,16H2,1-4H3,(H,31,35). The minimum atomic E-state index is -4.48. The van der Waals surface area contributed by atoms with E-state index in [9.17, 15) is 18.0 Å². The van der Waals surface area contributed by atoms with Gasteiger partial charge in [0.25, 0.3) is 5.91 Å². The van der Waals surface area contributed by atoms with Gasteiger partial charge in [-0.3, -0.25) is 4.79 Å². The van der Waals surface area contributed by atoms with Crippen LogP contribution in [0.1, 0.15) is 42.5 Å². The van der Waals surface area contributed by atoms with Gasteiger partial charge >= 0.3 is 6.18 Å². The van der Waals surface area contributed by atoms with Gasteiger partial charge in [0.05, 0.1) is 18.8 Å². The van der Waals surface area contributed by atoms with Crippen LogP contribution in [0.3, 0.4) is 0 Å². The zero-order chi connectivity index (χ0) is 26.8. The molecule has 1 fully saturated rings. The Morgan fingerprint density at radius 3 is 2.43 bits per heavy atom. The smallest absolute Gasteiger partial charge is 0.378 e. The van der Waals surface area contributed by atoms with E-state index in [4.69, 9.17) is 9.26 Å². The lowest BCUT2D eigenvalue weighted by Crippen LogP contribution is -2.36. The second-order valence-corrected chi connectivity index (χ2v) is 10.3. The zero-order valence-corrected chi connectivity index (χ0v) is 21.3. The first-order valence-electron chi connectivity index (χ1n) is 12.1. The molecule has 1 aromatic heterocycles. The molecule has 10 heteroatoms. The van der Waals surface area contributed by atoms with E-state index in [2.05, 4.69) is 15.8 Å². The Morgan fingerprint density at radius 1 is 1.03 bits per heavy atom. The number of alkyl halides is 3. The molecule has 1 aliphatic rings. The fraction of sp³-hybridized carbons (Fsp3) is 0.407. The van der Waals surface area contributed by atoms with Gasteiger partial charge in [-0.1, -0.05) is 32.0 Å². The highest BCUT2D eigenvalue weighted by Gasteiger charge is 2.32. The summed E-state index contributed by atoms with van der Waals surface area (Å²) in [6.45, 7) is 10.4. The molecule has 37 heavy (non-hydrogen) atoms. The first kappa shape index (κ1) is 26.5. The van der Waals surface area contributed by atoms with Crippen molar-refractivity contribution < 1.29 is 27.2 Å². The van der Waals surface area contributed by atoms with Gasteiger partial charge < -0.3 is 24.8 Å². The summed E-state index contributed by atoms with van der Waals surface area (Å²) in [5.41, 5.74) is 2.59. The van der Waals surface area contributed by atoms with E-state index < -0.39 is 11.7 Å². The summed E-state index contributed by atoms with van der Waals surface area (Å²) in [6.07, 6.45) is -4.48. The summed E-state index contributed by atoms with van der Waals surface area (Å²) >= 11 is 0. The Labute approximate surface area is 214 Å². The summed E-state index contributed by atoms with van der Waals surface area (Å²) < 4.78 is 51.6. The van der Waals surface area contributed by atoms with E-state index in [1.807, 2.05) is 38.7 Å². The number of benzene rings is 2. The highest BCUT2D eigenvalue weighted by Crippen LogP contribution is 2.36. The lowest BCUT2D eigenvalue weighted by Gasteiger charge is -2.30. The van der Waals surface area contributed by atoms with Crippen LogP contribution in [0.2, 0.25) is 0 Å². The number of hydrogen-bond donors (Lipinski definition) is 2. The van der Waals surface area contributed by atoms with Crippen molar-refractivity contribution in [1.29, 1.82) is 0 Å². The van der Waals surface area contributed by atoms with Crippen LogP contribution in [0.25, 0.3) is 11.3 Å². The molecule has 1 aliphatic heterocycles. The van der Waals surface area contributed by atoms with Gasteiger partial charge in [0.15, 0.2) is 0 Å². The SMILES string of the molecule is Cc1ccc(Nc2cc(N3CCOCC3)cc(C(F)(F)F)c2)cc1-c1cc(C(=O)NCC(C)(C)C)on1. The Bertz CT molecular complexity index is 1260. The predicted octanol–water partition coefficient (Wildman–Crippen LogP) is 6.02. The largest absolute Gasteiger partial charge is 0.416 e. The van der Waals surface area contributed by atoms with Crippen LogP contribution >= 0.6 is 0 Å². The quantitative estimate of drug-likeness (QED) is 0.417. The van der Waals surface area contributed by atoms with Crippen molar-refractivity contribution >= 4 is 23.0 Å². The summed E-state index contributed by atoms with van der Waals surface area (Å²) in [6, 6.07) is 10.9. The number of nitrogens with one attached hydrogen (secondary N) is 2. The number of ether oxygens (including phenoxy) is 1. The molecule has 4 rings (SSSR count). The van der Waals surface area contributed by atoms with Crippen molar-refractivity contribution in [3.8, 4) is 11.3 Å². The van der Waals surface area contributed by atoms with Crippen molar-refractivity contribution in [3.63, 3.8) is 0 Å². The monoisotopic (exact) mass is 516 g/mol. The van der Waals surface area contributed by atoms with E-state index in [0.29, 0.717) is 61.2 Å². The third-order valence-electron chi connectivity index (χ3n) is 5.94. The first-order chi connectivity index (χ1) is 17.4. The number of halogens is 3. The number of nitrogens with zero attached hydrogens (tertiary/aromatic N) is 2. The maximum absolute atomic E-state index is 13.7. The minimum absolute atomic E-state index is 0.0832. The van der Waals surface area contributed by atoms with Crippen molar-refractivity contribution in [3.05, 3.63) is 59.4 Å². The van der Waals surface area contributed by atoms with Crippen LogP contribution in [0, 0.1) is 12.3 Å². The Kier molecular flexibility index (Phi) is 7.49. The highest BCUT2D eigenvalue weighted by molar-refractivity contribution is 5.92. The third kappa shape index (κ3) is 6.82. The molecule has 0 radical (unpaired) electrons. The third-order valence-corrected chi connectivity index (χ3v) is 5.94. The van der Waals surface area contributed by atoms with Crippen LogP contribution in [-0.2, 0) is 10.9 Å². The summed E-state index contributed by atoms with van der Waals surface area (Å²) in [7, 11) is 0. The Balaban J connectivity index is 1.59. The number of aryl methyl sites for hydroxylation is 1. The molecule has 2 N–H and O–H groups in total. The van der Waals surface area contributed by atoms with E-state index in [1.165, 1.54) is 6.07 Å². The average molecular weight is 517 g/mol. The molecule has 2 aromatic carbocycles. The van der Waals surface area contributed by atoms with Crippen LogP contribution in [0.15, 0.2) is 47.0 Å². The topological polar surface area (TPSA) is 79.6 Å². The number of morpholine rings is 1. The minimum Gasteiger partial charge on any atom is -0.378 e. The lowest BCUT2D eigenvalue weighted by atomic mass is 9.97. The van der Waals surface area contributed by atoms with Crippen molar-refractivity contribution in [2.24, 2.45) is 5.41 Å². The molecule has 1 saturated heterocycles. The zero-order valence-electron chi connectivity index (χ0n) is 21.3. The summed E-state index contributed by atoms with van der Waals surface area (Å²) in [5.74, 6) is -0.273. The Morgan fingerprint density at radius 2 is 1.76 bits per heavy atom. The van der Waals surface area contributed by atoms with Gasteiger partial charge in [0.1, 0.15) is 5.69 Å². The molecule has 0 bridgehead atoms. The molecule has 0 spiro atoms. The van der Waals surface area contributed by atoms with Gasteiger partial charge in [0, 0.05) is 48.3 Å². The van der Waals surface area contributed by atoms with Crippen molar-refractivity contribution in [1.82, 2.24) is 10.5 Å². The number of aromatic nitrogens is 1. The normalized spacial score (nSPS) is 14.5. The molecule has 0 aliphatic carbocycles. The second-order valence-electron chi connectivity index (χ2n) is 10.3. The summed E-state index contributed by atoms with van der Waals surface area (Å²) in [5, 5.41) is 9.98. The molecule has 198 valence electrons. The maximum atomic E-state index is 13.7. The van der Waals surface area contributed by atoms with E-state index in [0.717, 1.165) is 11.6 Å². The fourth-order valence-corrected chi connectivity index (χ4v) is 3.94. The molecule has 7 nitrogen and oxygen atoms in total. The molecule has 0 unspecified atom stereocenters. The predicted molar refractivity (Wildman–Crippen MR) is 136 cm³/mol. The van der Waals surface area contributed by atoms with E-state index >= 15 is 0 Å². The molecule has 0 saturated carbocycles. The number of amides is 1. The summed E-state index contributed by atoms with van der Waals surface area (Å²) in [4.78, 5) is 14.3. The van der Waals surface area contributed by atoms with Gasteiger partial charge in [0.2, 0.25) is 5.76 Å². The molecule has 1 amide bonds. The average Bonchev–Trinajstić information content (AvgIpc) is 3.33. The van der Waals surface area contributed by atoms with Crippen LogP contribution in [0.4, 0.5) is 30.2 Å². The fourth-order valence-electron chi connectivity index (χ4n) is 3.94. The number of anilines is 3. The molecule has 0 atom stereocenters. The van der Waals surface area contributed by atoms with Crippen LogP contribution < -0.4 is 15.5 Å². The van der Waals surface area contributed by atoms with Gasteiger partial charge in [-0.25, -0.2) is 0 Å². The maximum Gasteiger partial charge on any atom is 0.416 e. The number of carbonyl (C=O) groups excluding carboxylic acids is 1. The highest BCUT2D eigenvalue weighted by atomic mass is 19.4. The number of carbonyl (C=O) groups is 1. The first-order valence-corrected chi connectivity index (χ1v) is 12.1. The van der Waals surface area contributed by atoms with E-state index in [1.54, 1.807) is 24.3 Å². The van der Waals surface area contributed by atoms with Crippen molar-refractivity contribution in [2.75, 3.05) is 43.1 Å². The van der Waals surface area contributed by atoms with E-state index in [-0.39, 0.29) is 17.1 Å². The number of rotatable bonds is 6. The molecule has 2 heterocycles. The number of hydrogen-bond acceptors (Lipinski definition) is 6. The molecule has 3 aromatic rings. The van der Waals surface area contributed by atoms with Crippen molar-refractivity contribution in [2.45, 2.75) is 33.9 Å². The molecular formula is C27H31F3N4O3.